The number of hydrogen-bond acceptors (Lipinski definition) is 4. The smallest absolute Gasteiger partial charge is 0.131 e. The second-order valence-electron chi connectivity index (χ2n) is 5.03. The monoisotopic (exact) mass is 323 g/mol. The minimum atomic E-state index is -0.742. The van der Waals surface area contributed by atoms with Crippen LogP contribution in [0.3, 0.4) is 0 Å². The first-order valence-electron chi connectivity index (χ1n) is 7.27. The van der Waals surface area contributed by atoms with Gasteiger partial charge in [-0.1, -0.05) is 48.5 Å². The van der Waals surface area contributed by atoms with Gasteiger partial charge in [0.1, 0.15) is 16.9 Å². The Balaban J connectivity index is 1.77. The standard InChI is InChI=1S/C19H17NO2S/c1-22-17-9-5-8-15(12-17)18(21)19-20-16(13-23-19)11-10-14-6-3-2-4-7-14/h2-13,18,21H,1H3/b11-10+. The predicted molar refractivity (Wildman–Crippen MR) is 94.5 cm³/mol. The van der Waals surface area contributed by atoms with Crippen LogP contribution in [0.5, 0.6) is 5.75 Å². The molecular formula is C19H17NO2S. The molecule has 1 unspecified atom stereocenters. The van der Waals surface area contributed by atoms with Crippen LogP contribution in [0.15, 0.2) is 60.0 Å². The van der Waals surface area contributed by atoms with Gasteiger partial charge in [-0.3, -0.25) is 0 Å². The number of aliphatic hydroxyl groups is 1. The second kappa shape index (κ2) is 7.22. The number of nitrogens with zero attached hydrogens (tertiary/aromatic N) is 1. The average molecular weight is 323 g/mol. The van der Waals surface area contributed by atoms with Crippen molar-refractivity contribution in [3.8, 4) is 5.75 Å². The number of rotatable bonds is 5. The molecule has 0 bridgehead atoms. The fourth-order valence-electron chi connectivity index (χ4n) is 2.20. The number of methoxy groups -OCH3 is 1. The predicted octanol–water partition coefficient (Wildman–Crippen LogP) is 4.40. The van der Waals surface area contributed by atoms with E-state index in [1.54, 1.807) is 7.11 Å². The number of ether oxygens (including phenoxy) is 1. The van der Waals surface area contributed by atoms with Gasteiger partial charge in [0.15, 0.2) is 0 Å². The maximum absolute atomic E-state index is 10.5. The van der Waals surface area contributed by atoms with Crippen LogP contribution in [0, 0.1) is 0 Å². The van der Waals surface area contributed by atoms with E-state index < -0.39 is 6.10 Å². The molecule has 4 heteroatoms. The first-order valence-corrected chi connectivity index (χ1v) is 8.15. The average Bonchev–Trinajstić information content (AvgIpc) is 3.09. The topological polar surface area (TPSA) is 42.4 Å². The van der Waals surface area contributed by atoms with Crippen molar-refractivity contribution in [3.63, 3.8) is 0 Å². The summed E-state index contributed by atoms with van der Waals surface area (Å²) >= 11 is 1.45. The molecule has 1 N–H and O–H groups in total. The highest BCUT2D eigenvalue weighted by atomic mass is 32.1. The molecule has 2 aromatic carbocycles. The highest BCUT2D eigenvalue weighted by Crippen LogP contribution is 2.27. The maximum Gasteiger partial charge on any atom is 0.131 e. The highest BCUT2D eigenvalue weighted by molar-refractivity contribution is 7.09. The molecule has 0 aliphatic heterocycles. The number of thiazole rings is 1. The van der Waals surface area contributed by atoms with E-state index in [4.69, 9.17) is 4.74 Å². The lowest BCUT2D eigenvalue weighted by Gasteiger charge is -2.09. The van der Waals surface area contributed by atoms with Gasteiger partial charge in [-0.25, -0.2) is 4.98 Å². The van der Waals surface area contributed by atoms with E-state index in [1.165, 1.54) is 11.3 Å². The molecule has 0 radical (unpaired) electrons. The van der Waals surface area contributed by atoms with Crippen molar-refractivity contribution in [3.05, 3.63) is 81.8 Å². The van der Waals surface area contributed by atoms with Crippen molar-refractivity contribution in [2.24, 2.45) is 0 Å². The molecule has 1 heterocycles. The summed E-state index contributed by atoms with van der Waals surface area (Å²) < 4.78 is 5.19. The molecule has 3 aromatic rings. The van der Waals surface area contributed by atoms with Gasteiger partial charge in [0, 0.05) is 5.38 Å². The molecule has 0 spiro atoms. The van der Waals surface area contributed by atoms with E-state index in [0.717, 1.165) is 22.6 Å². The Labute approximate surface area is 139 Å². The Hall–Kier alpha value is -2.43. The minimum Gasteiger partial charge on any atom is -0.497 e. The van der Waals surface area contributed by atoms with Crippen LogP contribution in [0.25, 0.3) is 12.2 Å². The van der Waals surface area contributed by atoms with Gasteiger partial charge in [0.2, 0.25) is 0 Å². The Bertz CT molecular complexity index is 796. The van der Waals surface area contributed by atoms with Crippen molar-refractivity contribution in [1.82, 2.24) is 4.98 Å². The Morgan fingerprint density at radius 1 is 1.09 bits per heavy atom. The summed E-state index contributed by atoms with van der Waals surface area (Å²) in [5.74, 6) is 0.724. The first kappa shape index (κ1) is 15.5. The minimum absolute atomic E-state index is 0.672. The van der Waals surface area contributed by atoms with Crippen molar-refractivity contribution in [1.29, 1.82) is 0 Å². The molecule has 0 saturated carbocycles. The van der Waals surface area contributed by atoms with Crippen LogP contribution in [-0.4, -0.2) is 17.2 Å². The molecule has 3 rings (SSSR count). The zero-order valence-corrected chi connectivity index (χ0v) is 13.5. The van der Waals surface area contributed by atoms with Gasteiger partial charge in [-0.15, -0.1) is 11.3 Å². The van der Waals surface area contributed by atoms with Crippen molar-refractivity contribution < 1.29 is 9.84 Å². The van der Waals surface area contributed by atoms with Crippen molar-refractivity contribution >= 4 is 23.5 Å². The van der Waals surface area contributed by atoms with E-state index in [2.05, 4.69) is 4.98 Å². The van der Waals surface area contributed by atoms with Gasteiger partial charge >= 0.3 is 0 Å². The van der Waals surface area contributed by atoms with E-state index in [9.17, 15) is 5.11 Å². The zero-order chi connectivity index (χ0) is 16.1. The Morgan fingerprint density at radius 3 is 2.70 bits per heavy atom. The lowest BCUT2D eigenvalue weighted by atomic mass is 10.1. The summed E-state index contributed by atoms with van der Waals surface area (Å²) in [6.07, 6.45) is 3.22. The lowest BCUT2D eigenvalue weighted by molar-refractivity contribution is 0.219. The van der Waals surface area contributed by atoms with Crippen LogP contribution in [0.1, 0.15) is 27.9 Å². The van der Waals surface area contributed by atoms with Gasteiger partial charge < -0.3 is 9.84 Å². The highest BCUT2D eigenvalue weighted by Gasteiger charge is 2.14. The first-order chi connectivity index (χ1) is 11.3. The van der Waals surface area contributed by atoms with E-state index in [0.29, 0.717) is 5.01 Å². The van der Waals surface area contributed by atoms with Crippen LogP contribution >= 0.6 is 11.3 Å². The van der Waals surface area contributed by atoms with Crippen LogP contribution in [0.2, 0.25) is 0 Å². The summed E-state index contributed by atoms with van der Waals surface area (Å²) in [5.41, 5.74) is 2.74. The second-order valence-corrected chi connectivity index (χ2v) is 5.92. The third kappa shape index (κ3) is 3.86. The van der Waals surface area contributed by atoms with Gasteiger partial charge in [-0.2, -0.15) is 0 Å². The Morgan fingerprint density at radius 2 is 1.91 bits per heavy atom. The normalized spacial score (nSPS) is 12.4. The summed E-state index contributed by atoms with van der Waals surface area (Å²) in [6, 6.07) is 17.5. The van der Waals surface area contributed by atoms with Crippen LogP contribution in [-0.2, 0) is 0 Å². The SMILES string of the molecule is COc1cccc(C(O)c2nc(/C=C/c3ccccc3)cs2)c1. The summed E-state index contributed by atoms with van der Waals surface area (Å²) in [6.45, 7) is 0. The molecule has 0 aliphatic rings. The van der Waals surface area contributed by atoms with E-state index in [-0.39, 0.29) is 0 Å². The molecular weight excluding hydrogens is 306 g/mol. The molecule has 0 saturated heterocycles. The van der Waals surface area contributed by atoms with Gasteiger partial charge in [0.05, 0.1) is 12.8 Å². The fourth-order valence-corrected chi connectivity index (χ4v) is 3.00. The largest absolute Gasteiger partial charge is 0.497 e. The van der Waals surface area contributed by atoms with E-state index in [1.807, 2.05) is 72.1 Å². The molecule has 0 fully saturated rings. The molecule has 1 atom stereocenters. The summed E-state index contributed by atoms with van der Waals surface area (Å²) in [5, 5.41) is 13.1. The summed E-state index contributed by atoms with van der Waals surface area (Å²) in [7, 11) is 1.61. The molecule has 0 aliphatic carbocycles. The number of aromatic nitrogens is 1. The fraction of sp³-hybridized carbons (Fsp3) is 0.105. The molecule has 3 nitrogen and oxygen atoms in total. The maximum atomic E-state index is 10.5. The zero-order valence-electron chi connectivity index (χ0n) is 12.7. The van der Waals surface area contributed by atoms with Crippen LogP contribution < -0.4 is 4.74 Å². The number of aliphatic hydroxyl groups excluding tert-OH is 1. The molecule has 0 amide bonds. The summed E-state index contributed by atoms with van der Waals surface area (Å²) in [4.78, 5) is 4.50. The Kier molecular flexibility index (Phi) is 4.86. The molecule has 116 valence electrons. The van der Waals surface area contributed by atoms with Gasteiger partial charge in [0.25, 0.3) is 0 Å². The molecule has 1 aromatic heterocycles. The third-order valence-corrected chi connectivity index (χ3v) is 4.34. The van der Waals surface area contributed by atoms with Gasteiger partial charge in [-0.05, 0) is 29.3 Å². The van der Waals surface area contributed by atoms with Crippen molar-refractivity contribution in [2.45, 2.75) is 6.10 Å². The third-order valence-electron chi connectivity index (χ3n) is 3.43. The lowest BCUT2D eigenvalue weighted by Crippen LogP contribution is -1.99. The number of benzene rings is 2. The van der Waals surface area contributed by atoms with Crippen LogP contribution in [0.4, 0.5) is 0 Å². The van der Waals surface area contributed by atoms with E-state index >= 15 is 0 Å². The van der Waals surface area contributed by atoms with Crippen molar-refractivity contribution in [2.75, 3.05) is 7.11 Å². The quantitative estimate of drug-likeness (QED) is 0.756. The number of hydrogen-bond donors (Lipinski definition) is 1. The molecule has 23 heavy (non-hydrogen) atoms.